The monoisotopic (exact) mass is 346 g/mol. The van der Waals surface area contributed by atoms with Crippen LogP contribution in [0.15, 0.2) is 24.3 Å². The molecule has 1 saturated carbocycles. The summed E-state index contributed by atoms with van der Waals surface area (Å²) in [5.74, 6) is 1.34. The van der Waals surface area contributed by atoms with E-state index in [9.17, 15) is 4.79 Å². The second-order valence-corrected chi connectivity index (χ2v) is 14.7. The van der Waals surface area contributed by atoms with Gasteiger partial charge < -0.3 is 4.43 Å². The molecule has 0 N–H and O–H groups in total. The number of rotatable bonds is 4. The normalized spacial score (nSPS) is 37.4. The molecule has 0 unspecified atom stereocenters. The Labute approximate surface area is 148 Å². The molecule has 24 heavy (non-hydrogen) atoms. The van der Waals surface area contributed by atoms with Gasteiger partial charge in [0.05, 0.1) is 6.10 Å². The van der Waals surface area contributed by atoms with E-state index >= 15 is 0 Å². The Bertz CT molecular complexity index is 611. The zero-order valence-electron chi connectivity index (χ0n) is 16.6. The van der Waals surface area contributed by atoms with Crippen molar-refractivity contribution in [1.29, 1.82) is 0 Å². The van der Waals surface area contributed by atoms with Crippen LogP contribution < -0.4 is 0 Å². The first-order valence-electron chi connectivity index (χ1n) is 9.46. The zero-order valence-corrected chi connectivity index (χ0v) is 17.6. The molecule has 0 aromatic heterocycles. The van der Waals surface area contributed by atoms with Gasteiger partial charge in [-0.3, -0.25) is 4.79 Å². The van der Waals surface area contributed by atoms with Crippen LogP contribution >= 0.6 is 0 Å². The molecular weight excluding hydrogens is 312 g/mol. The molecule has 0 aromatic rings. The van der Waals surface area contributed by atoms with Crippen molar-refractivity contribution < 1.29 is 9.22 Å². The predicted molar refractivity (Wildman–Crippen MR) is 102 cm³/mol. The van der Waals surface area contributed by atoms with E-state index in [2.05, 4.69) is 72.9 Å². The Morgan fingerprint density at radius 3 is 2.46 bits per heavy atom. The molecule has 0 saturated heterocycles. The summed E-state index contributed by atoms with van der Waals surface area (Å²) in [5.41, 5.74) is -0.203. The lowest BCUT2D eigenvalue weighted by Crippen LogP contribution is -2.51. The van der Waals surface area contributed by atoms with Crippen molar-refractivity contribution in [3.8, 4) is 0 Å². The van der Waals surface area contributed by atoms with E-state index in [-0.39, 0.29) is 27.9 Å². The lowest BCUT2D eigenvalue weighted by Gasteiger charge is -2.47. The first kappa shape index (κ1) is 18.1. The van der Waals surface area contributed by atoms with E-state index in [0.717, 1.165) is 6.42 Å². The van der Waals surface area contributed by atoms with Gasteiger partial charge in [0, 0.05) is 22.7 Å². The SMILES string of the molecule is CC(C)C(C)(C)[Si](C)(C)O[C@@H]1[C@H]2CC=C[C@]23C=CC(=O)[C@@H]3C1(C)C. The molecule has 3 aliphatic rings. The van der Waals surface area contributed by atoms with Gasteiger partial charge in [0.15, 0.2) is 14.1 Å². The van der Waals surface area contributed by atoms with E-state index in [1.807, 2.05) is 6.08 Å². The van der Waals surface area contributed by atoms with E-state index < -0.39 is 8.32 Å². The van der Waals surface area contributed by atoms with E-state index in [4.69, 9.17) is 4.43 Å². The molecule has 2 nitrogen and oxygen atoms in total. The van der Waals surface area contributed by atoms with Gasteiger partial charge in [0.1, 0.15) is 0 Å². The van der Waals surface area contributed by atoms with Crippen LogP contribution in [-0.4, -0.2) is 20.2 Å². The van der Waals surface area contributed by atoms with Gasteiger partial charge >= 0.3 is 0 Å². The fourth-order valence-electron chi connectivity index (χ4n) is 5.38. The number of ketones is 1. The third-order valence-electron chi connectivity index (χ3n) is 8.02. The number of allylic oxidation sites excluding steroid dienone is 4. The zero-order chi connectivity index (χ0) is 18.1. The third kappa shape index (κ3) is 2.13. The highest BCUT2D eigenvalue weighted by Gasteiger charge is 2.68. The van der Waals surface area contributed by atoms with Crippen molar-refractivity contribution in [3.05, 3.63) is 24.3 Å². The highest BCUT2D eigenvalue weighted by Crippen LogP contribution is 2.66. The number of carbonyl (C=O) groups excluding carboxylic acids is 1. The largest absolute Gasteiger partial charge is 0.413 e. The predicted octanol–water partition coefficient (Wildman–Crippen LogP) is 5.37. The van der Waals surface area contributed by atoms with Crippen LogP contribution in [0.4, 0.5) is 0 Å². The summed E-state index contributed by atoms with van der Waals surface area (Å²) in [6, 6.07) is 0. The Morgan fingerprint density at radius 1 is 1.25 bits per heavy atom. The first-order chi connectivity index (χ1) is 10.9. The third-order valence-corrected chi connectivity index (χ3v) is 12.5. The smallest absolute Gasteiger partial charge is 0.192 e. The minimum absolute atomic E-state index is 0.0470. The summed E-state index contributed by atoms with van der Waals surface area (Å²) in [5, 5.41) is 0.194. The maximum Gasteiger partial charge on any atom is 0.192 e. The molecule has 0 bridgehead atoms. The molecule has 1 spiro atoms. The lowest BCUT2D eigenvalue weighted by atomic mass is 9.71. The van der Waals surface area contributed by atoms with Gasteiger partial charge in [-0.15, -0.1) is 0 Å². The summed E-state index contributed by atoms with van der Waals surface area (Å²) < 4.78 is 7.05. The standard InChI is InChI=1S/C21H34O2Si/c1-14(2)20(5,6)24(7,8)23-18-15-10-9-12-21(15)13-11-16(22)17(21)19(18,3)4/h9,11-15,17-18H,10H2,1-8H3/t15-,17-,18-,21+/m1/s1. The van der Waals surface area contributed by atoms with Crippen LogP contribution in [0, 0.1) is 28.6 Å². The lowest BCUT2D eigenvalue weighted by molar-refractivity contribution is -0.122. The van der Waals surface area contributed by atoms with Crippen molar-refractivity contribution in [2.45, 2.75) is 72.2 Å². The van der Waals surface area contributed by atoms with Crippen molar-refractivity contribution >= 4 is 14.1 Å². The molecule has 0 radical (unpaired) electrons. The van der Waals surface area contributed by atoms with E-state index in [1.165, 1.54) is 0 Å². The topological polar surface area (TPSA) is 26.3 Å². The summed E-state index contributed by atoms with van der Waals surface area (Å²) in [7, 11) is -1.94. The molecule has 3 rings (SSSR count). The van der Waals surface area contributed by atoms with Gasteiger partial charge in [-0.25, -0.2) is 0 Å². The van der Waals surface area contributed by atoms with Gasteiger partial charge in [-0.1, -0.05) is 59.8 Å². The molecule has 134 valence electrons. The minimum atomic E-state index is -1.94. The Morgan fingerprint density at radius 2 is 1.88 bits per heavy atom. The second-order valence-electron chi connectivity index (χ2n) is 10.2. The van der Waals surface area contributed by atoms with Crippen LogP contribution in [0.25, 0.3) is 0 Å². The van der Waals surface area contributed by atoms with Gasteiger partial charge in [0.2, 0.25) is 0 Å². The molecule has 0 aliphatic heterocycles. The minimum Gasteiger partial charge on any atom is -0.413 e. The molecule has 0 heterocycles. The number of carbonyl (C=O) groups is 1. The van der Waals surface area contributed by atoms with Gasteiger partial charge in [0.25, 0.3) is 0 Å². The number of hydrogen-bond donors (Lipinski definition) is 0. The maximum atomic E-state index is 12.7. The highest BCUT2D eigenvalue weighted by molar-refractivity contribution is 6.74. The fraction of sp³-hybridized carbons (Fsp3) is 0.762. The second kappa shape index (κ2) is 5.17. The average Bonchev–Trinajstić information content (AvgIpc) is 3.04. The van der Waals surface area contributed by atoms with Crippen molar-refractivity contribution in [2.24, 2.45) is 28.6 Å². The fourth-order valence-corrected chi connectivity index (χ4v) is 8.18. The van der Waals surface area contributed by atoms with Crippen LogP contribution in [0.3, 0.4) is 0 Å². The van der Waals surface area contributed by atoms with Crippen molar-refractivity contribution in [3.63, 3.8) is 0 Å². The average molecular weight is 347 g/mol. The summed E-state index contributed by atoms with van der Waals surface area (Å²) >= 11 is 0. The molecule has 4 atom stereocenters. The number of hydrogen-bond acceptors (Lipinski definition) is 2. The van der Waals surface area contributed by atoms with Crippen LogP contribution in [0.1, 0.15) is 48.0 Å². The highest BCUT2D eigenvalue weighted by atomic mass is 28.4. The molecule has 3 aliphatic carbocycles. The van der Waals surface area contributed by atoms with Crippen molar-refractivity contribution in [2.75, 3.05) is 0 Å². The molecular formula is C21H34O2Si. The summed E-state index contributed by atoms with van der Waals surface area (Å²) in [6.45, 7) is 18.6. The van der Waals surface area contributed by atoms with Crippen LogP contribution in [0.5, 0.6) is 0 Å². The van der Waals surface area contributed by atoms with E-state index in [1.54, 1.807) is 0 Å². The first-order valence-corrected chi connectivity index (χ1v) is 12.4. The molecule has 0 amide bonds. The molecule has 3 heteroatoms. The van der Waals surface area contributed by atoms with Crippen molar-refractivity contribution in [1.82, 2.24) is 0 Å². The Balaban J connectivity index is 1.98. The Hall–Kier alpha value is -0.673. The molecule has 0 aromatic carbocycles. The Kier molecular flexibility index (Phi) is 3.90. The summed E-state index contributed by atoms with van der Waals surface area (Å²) in [6.07, 6.45) is 9.78. The quantitative estimate of drug-likeness (QED) is 0.505. The maximum absolute atomic E-state index is 12.7. The van der Waals surface area contributed by atoms with Crippen LogP contribution in [0.2, 0.25) is 18.1 Å². The summed E-state index contributed by atoms with van der Waals surface area (Å²) in [4.78, 5) is 12.7. The van der Waals surface area contributed by atoms with Crippen LogP contribution in [-0.2, 0) is 9.22 Å². The van der Waals surface area contributed by atoms with Gasteiger partial charge in [-0.05, 0) is 36.5 Å². The molecule has 1 fully saturated rings. The van der Waals surface area contributed by atoms with E-state index in [0.29, 0.717) is 17.6 Å². The van der Waals surface area contributed by atoms with Gasteiger partial charge in [-0.2, -0.15) is 0 Å².